The van der Waals surface area contributed by atoms with Gasteiger partial charge in [0.15, 0.2) is 5.76 Å². The largest absolute Gasteiger partial charge is 0.601 e. The van der Waals surface area contributed by atoms with Crippen LogP contribution in [-0.4, -0.2) is 0 Å². The molecular weight excluding hydrogens is 465 g/mol. The third-order valence-electron chi connectivity index (χ3n) is 4.78. The third-order valence-corrected chi connectivity index (χ3v) is 5.98. The van der Waals surface area contributed by atoms with E-state index in [0.717, 1.165) is 31.7 Å². The van der Waals surface area contributed by atoms with Crippen molar-refractivity contribution in [2.75, 3.05) is 0 Å². The number of H-pyrrole nitrogens is 1. The first kappa shape index (κ1) is 22.3. The Labute approximate surface area is 185 Å². The Morgan fingerprint density at radius 1 is 1.12 bits per heavy atom. The summed E-state index contributed by atoms with van der Waals surface area (Å²) in [5.41, 5.74) is 2.04. The minimum Gasteiger partial charge on any atom is -0.460 e. The van der Waals surface area contributed by atoms with Crippen molar-refractivity contribution in [2.24, 2.45) is 0 Å². The van der Waals surface area contributed by atoms with Gasteiger partial charge in [-0.25, -0.2) is 23.0 Å². The maximum atomic E-state index is 14.5. The number of fused-ring (bicyclic) bond motifs is 3. The van der Waals surface area contributed by atoms with E-state index >= 15 is 0 Å². The second-order valence-corrected chi connectivity index (χ2v) is 8.70. The Hall–Kier alpha value is -2.86. The zero-order valence-electron chi connectivity index (χ0n) is 16.7. The molecule has 0 aliphatic rings. The molecule has 3 heterocycles. The molecule has 0 aliphatic heterocycles. The topological polar surface area (TPSA) is 150 Å². The molecule has 5 aromatic rings. The summed E-state index contributed by atoms with van der Waals surface area (Å²) in [4.78, 5) is 15.1. The van der Waals surface area contributed by atoms with Crippen molar-refractivity contribution in [1.82, 2.24) is 0 Å². The third kappa shape index (κ3) is 4.37. The first-order chi connectivity index (χ1) is 15.0. The maximum Gasteiger partial charge on any atom is 0.601 e. The molecule has 0 spiro atoms. The van der Waals surface area contributed by atoms with Gasteiger partial charge in [-0.1, -0.05) is 13.0 Å². The molecule has 0 fully saturated rings. The summed E-state index contributed by atoms with van der Waals surface area (Å²) in [6.45, 7) is 3.89. The predicted molar refractivity (Wildman–Crippen MR) is 104 cm³/mol. The first-order valence-electron chi connectivity index (χ1n) is 9.27. The fraction of sp³-hybridized carbons (Fsp3) is 0.143. The summed E-state index contributed by atoms with van der Waals surface area (Å²) in [6, 6.07) is 10.7. The highest BCUT2D eigenvalue weighted by molar-refractivity contribution is 7.22. The molecule has 0 aliphatic carbocycles. The standard InChI is InChI=1S/C21H14FNO3S.ClHO4/c1-3-12-18-14(22)5-4-6-17(18)27-20(12)19-13-9-16-15(23-21(24)26-16)8-11(13)7-10(2)25-19;2-1(3,4)5/h4-9H,3H2,1-2H3;(H,2,3,4,5). The van der Waals surface area contributed by atoms with Gasteiger partial charge in [0, 0.05) is 21.5 Å². The lowest BCUT2D eigenvalue weighted by molar-refractivity contribution is -2.00. The van der Waals surface area contributed by atoms with E-state index in [1.54, 1.807) is 12.1 Å². The van der Waals surface area contributed by atoms with Crippen LogP contribution < -0.4 is 29.4 Å². The monoisotopic (exact) mass is 479 g/mol. The lowest BCUT2D eigenvalue weighted by atomic mass is 10.0. The molecule has 11 heteroatoms. The molecule has 5 rings (SSSR count). The van der Waals surface area contributed by atoms with Crippen LogP contribution in [0, 0.1) is 23.0 Å². The number of halogens is 2. The van der Waals surface area contributed by atoms with Gasteiger partial charge < -0.3 is 8.83 Å². The molecule has 0 saturated carbocycles. The van der Waals surface area contributed by atoms with Crippen molar-refractivity contribution < 1.29 is 47.1 Å². The van der Waals surface area contributed by atoms with Gasteiger partial charge in [0.25, 0.3) is 5.52 Å². The van der Waals surface area contributed by atoms with Crippen LogP contribution in [0.3, 0.4) is 0 Å². The van der Waals surface area contributed by atoms with Gasteiger partial charge in [-0.2, -0.15) is 4.79 Å². The van der Waals surface area contributed by atoms with E-state index in [9.17, 15) is 9.18 Å². The minimum atomic E-state index is -4.94. The first-order valence-corrected chi connectivity index (χ1v) is 11.3. The maximum absolute atomic E-state index is 14.5. The summed E-state index contributed by atoms with van der Waals surface area (Å²) in [5.74, 6) is 0.701. The smallest absolute Gasteiger partial charge is 0.460 e. The summed E-state index contributed by atoms with van der Waals surface area (Å²) >= 11 is 1.52. The average molecular weight is 480 g/mol. The molecule has 166 valence electrons. The van der Waals surface area contributed by atoms with Gasteiger partial charge in [0.1, 0.15) is 11.6 Å². The fourth-order valence-electron chi connectivity index (χ4n) is 3.65. The lowest BCUT2D eigenvalue weighted by Gasteiger charge is -2.17. The van der Waals surface area contributed by atoms with E-state index in [-0.39, 0.29) is 5.82 Å². The van der Waals surface area contributed by atoms with Gasteiger partial charge in [-0.3, -0.25) is 0 Å². The number of aromatic amines is 1. The summed E-state index contributed by atoms with van der Waals surface area (Å²) in [6.07, 6.45) is 0.683. The SMILES string of the molecule is CCc1c(-c2oc(C)cc3cc4[nH+]c(=O)oc4cc23)sc2cccc(F)c12.[O-][Cl+3]([O-])([O-])[O-]. The summed E-state index contributed by atoms with van der Waals surface area (Å²) in [5, 5.41) is 2.41. The number of hydrogen-bond donors (Lipinski definition) is 0. The van der Waals surface area contributed by atoms with Crippen LogP contribution >= 0.6 is 11.3 Å². The van der Waals surface area contributed by atoms with E-state index in [2.05, 4.69) is 4.98 Å². The zero-order valence-corrected chi connectivity index (χ0v) is 18.3. The molecule has 8 nitrogen and oxygen atoms in total. The van der Waals surface area contributed by atoms with Crippen LogP contribution in [0.5, 0.6) is 0 Å². The van der Waals surface area contributed by atoms with Gasteiger partial charge in [-0.05, 0) is 48.6 Å². The highest BCUT2D eigenvalue weighted by Gasteiger charge is 2.21. The Kier molecular flexibility index (Phi) is 5.76. The Morgan fingerprint density at radius 3 is 2.53 bits per heavy atom. The second-order valence-electron chi connectivity index (χ2n) is 6.89. The minimum absolute atomic E-state index is 0.220. The number of aryl methyl sites for hydroxylation is 2. The van der Waals surface area contributed by atoms with E-state index in [4.69, 9.17) is 27.5 Å². The van der Waals surface area contributed by atoms with Crippen molar-refractivity contribution in [3.8, 4) is 10.6 Å². The van der Waals surface area contributed by atoms with E-state index in [1.165, 1.54) is 17.4 Å². The molecule has 1 N–H and O–H groups in total. The van der Waals surface area contributed by atoms with E-state index < -0.39 is 16.0 Å². The molecule has 0 amide bonds. The van der Waals surface area contributed by atoms with Gasteiger partial charge in [0.05, 0.1) is 4.88 Å². The molecule has 0 radical (unpaired) electrons. The van der Waals surface area contributed by atoms with Crippen LogP contribution in [0.4, 0.5) is 4.39 Å². The van der Waals surface area contributed by atoms with Crippen LogP contribution in [0.25, 0.3) is 42.6 Å². The van der Waals surface area contributed by atoms with Gasteiger partial charge in [0.2, 0.25) is 5.58 Å². The van der Waals surface area contributed by atoms with E-state index in [1.807, 2.05) is 32.0 Å². The molecule has 0 unspecified atom stereocenters. The molecule has 2 aromatic carbocycles. The molecule has 0 saturated heterocycles. The molecule has 0 bridgehead atoms. The number of hydrogen-bond acceptors (Lipinski definition) is 8. The highest BCUT2D eigenvalue weighted by atomic mass is 35.7. The quantitative estimate of drug-likeness (QED) is 0.357. The van der Waals surface area contributed by atoms with Crippen LogP contribution in [-0.2, 0) is 6.42 Å². The number of thiophene rings is 1. The molecule has 3 aromatic heterocycles. The van der Waals surface area contributed by atoms with Crippen LogP contribution in [0.1, 0.15) is 18.2 Å². The molecule has 0 atom stereocenters. The Balaban J connectivity index is 0.000000444. The van der Waals surface area contributed by atoms with Gasteiger partial charge >= 0.3 is 5.76 Å². The number of rotatable bonds is 2. The van der Waals surface area contributed by atoms with Crippen molar-refractivity contribution in [2.45, 2.75) is 20.3 Å². The number of aromatic nitrogens is 1. The summed E-state index contributed by atoms with van der Waals surface area (Å²) in [7, 11) is -4.94. The van der Waals surface area contributed by atoms with Crippen LogP contribution in [0.2, 0.25) is 0 Å². The molecular formula is C21H15ClFNO7S. The molecule has 32 heavy (non-hydrogen) atoms. The summed E-state index contributed by atoms with van der Waals surface area (Å²) < 4.78 is 60.7. The van der Waals surface area contributed by atoms with E-state index in [0.29, 0.717) is 28.7 Å². The number of oxazole rings is 1. The number of nitrogens with one attached hydrogen (secondary N) is 1. The normalized spacial score (nSPS) is 11.8. The number of benzene rings is 2. The zero-order chi connectivity index (χ0) is 23.2. The Morgan fingerprint density at radius 2 is 1.84 bits per heavy atom. The lowest BCUT2D eigenvalue weighted by Crippen LogP contribution is -2.68. The van der Waals surface area contributed by atoms with Crippen molar-refractivity contribution in [3.63, 3.8) is 0 Å². The average Bonchev–Trinajstić information content (AvgIpc) is 3.23. The van der Waals surface area contributed by atoms with Crippen LogP contribution in [0.15, 0.2) is 50.0 Å². The van der Waals surface area contributed by atoms with Crippen molar-refractivity contribution in [1.29, 1.82) is 0 Å². The highest BCUT2D eigenvalue weighted by Crippen LogP contribution is 2.43. The second kappa shape index (κ2) is 8.24. The van der Waals surface area contributed by atoms with Crippen molar-refractivity contribution >= 4 is 43.3 Å². The van der Waals surface area contributed by atoms with Gasteiger partial charge in [-0.15, -0.1) is 26.6 Å². The Bertz CT molecular complexity index is 1510. The fourth-order valence-corrected chi connectivity index (χ4v) is 4.95. The predicted octanol–water partition coefficient (Wildman–Crippen LogP) is 0.489. The van der Waals surface area contributed by atoms with Crippen molar-refractivity contribution in [3.05, 3.63) is 64.1 Å².